The lowest BCUT2D eigenvalue weighted by molar-refractivity contribution is -0.137. The molecule has 0 radical (unpaired) electrons. The molecule has 8 heteroatoms. The number of benzene rings is 2. The zero-order valence-electron chi connectivity index (χ0n) is 20.0. The van der Waals surface area contributed by atoms with Gasteiger partial charge in [0.2, 0.25) is 5.91 Å². The van der Waals surface area contributed by atoms with Crippen molar-refractivity contribution in [3.63, 3.8) is 0 Å². The average molecular weight is 490 g/mol. The summed E-state index contributed by atoms with van der Waals surface area (Å²) < 4.78 is 14.5. The molecule has 1 fully saturated rings. The molecular formula is C28H28FN3O4. The van der Waals surface area contributed by atoms with E-state index in [-0.39, 0.29) is 36.5 Å². The number of hydrogen-bond acceptors (Lipinski definition) is 4. The van der Waals surface area contributed by atoms with Gasteiger partial charge in [-0.25, -0.2) is 4.39 Å². The second kappa shape index (κ2) is 11.1. The molecule has 4 rings (SSSR count). The van der Waals surface area contributed by atoms with Gasteiger partial charge in [0, 0.05) is 36.8 Å². The molecule has 1 N–H and O–H groups in total. The van der Waals surface area contributed by atoms with Gasteiger partial charge in [0.25, 0.3) is 11.5 Å². The van der Waals surface area contributed by atoms with Crippen LogP contribution < -0.4 is 10.9 Å². The van der Waals surface area contributed by atoms with E-state index in [2.05, 4.69) is 5.32 Å². The quantitative estimate of drug-likeness (QED) is 0.406. The van der Waals surface area contributed by atoms with E-state index in [0.29, 0.717) is 12.8 Å². The first-order valence-electron chi connectivity index (χ1n) is 12.0. The van der Waals surface area contributed by atoms with Gasteiger partial charge in [-0.2, -0.15) is 0 Å². The molecule has 0 aliphatic carbocycles. The third-order valence-corrected chi connectivity index (χ3v) is 6.58. The third kappa shape index (κ3) is 5.59. The van der Waals surface area contributed by atoms with Crippen molar-refractivity contribution in [1.29, 1.82) is 0 Å². The van der Waals surface area contributed by atoms with Crippen LogP contribution in [0.5, 0.6) is 0 Å². The number of rotatable bonds is 7. The molecule has 2 amide bonds. The van der Waals surface area contributed by atoms with Crippen molar-refractivity contribution in [1.82, 2.24) is 14.8 Å². The number of carbonyl (C=O) groups excluding carboxylic acids is 3. The molecule has 2 atom stereocenters. The summed E-state index contributed by atoms with van der Waals surface area (Å²) in [5.41, 5.74) is 0.652. The second-order valence-corrected chi connectivity index (χ2v) is 8.96. The average Bonchev–Trinajstić information content (AvgIpc) is 2.90. The van der Waals surface area contributed by atoms with Gasteiger partial charge in [-0.1, -0.05) is 36.4 Å². The second-order valence-electron chi connectivity index (χ2n) is 8.96. The first-order chi connectivity index (χ1) is 17.3. The number of pyridine rings is 1. The van der Waals surface area contributed by atoms with Crippen LogP contribution in [0, 0.1) is 11.7 Å². The normalized spacial score (nSPS) is 15.7. The van der Waals surface area contributed by atoms with E-state index in [1.807, 2.05) is 37.3 Å². The fourth-order valence-electron chi connectivity index (χ4n) is 4.47. The van der Waals surface area contributed by atoms with Crippen molar-refractivity contribution >= 4 is 17.6 Å². The molecule has 1 aliphatic heterocycles. The Morgan fingerprint density at radius 1 is 0.917 bits per heavy atom. The number of carbonyl (C=O) groups is 3. The van der Waals surface area contributed by atoms with Crippen LogP contribution in [-0.4, -0.2) is 40.2 Å². The number of piperidine rings is 1. The predicted molar refractivity (Wildman–Crippen MR) is 133 cm³/mol. The van der Waals surface area contributed by atoms with Crippen molar-refractivity contribution in [3.05, 3.63) is 106 Å². The highest BCUT2D eigenvalue weighted by atomic mass is 19.1. The maximum atomic E-state index is 13.5. The number of Topliss-reactive ketones (excluding diaryl/α,β-unsaturated/α-hetero) is 1. The number of hydrogen-bond donors (Lipinski definition) is 1. The third-order valence-electron chi connectivity index (χ3n) is 6.58. The Morgan fingerprint density at radius 3 is 2.19 bits per heavy atom. The van der Waals surface area contributed by atoms with Gasteiger partial charge < -0.3 is 10.2 Å². The van der Waals surface area contributed by atoms with Gasteiger partial charge in [0.05, 0.1) is 6.04 Å². The highest BCUT2D eigenvalue weighted by Gasteiger charge is 2.36. The molecule has 0 spiro atoms. The number of halogens is 1. The molecule has 36 heavy (non-hydrogen) atoms. The molecule has 2 heterocycles. The summed E-state index contributed by atoms with van der Waals surface area (Å²) in [6.07, 6.45) is 2.29. The van der Waals surface area contributed by atoms with Crippen molar-refractivity contribution in [2.45, 2.75) is 31.8 Å². The molecule has 1 aliphatic rings. The van der Waals surface area contributed by atoms with Crippen LogP contribution in [0.2, 0.25) is 0 Å². The van der Waals surface area contributed by atoms with Crippen LogP contribution in [0.4, 0.5) is 4.39 Å². The van der Waals surface area contributed by atoms with E-state index in [0.717, 1.165) is 22.3 Å². The molecule has 3 aromatic rings. The minimum atomic E-state index is -1.41. The number of likely N-dealkylation sites (tertiary alicyclic amines) is 1. The minimum absolute atomic E-state index is 0.0725. The van der Waals surface area contributed by atoms with Crippen molar-refractivity contribution in [2.24, 2.45) is 5.92 Å². The van der Waals surface area contributed by atoms with Crippen LogP contribution in [0.15, 0.2) is 83.8 Å². The Balaban J connectivity index is 1.47. The lowest BCUT2D eigenvalue weighted by Gasteiger charge is -2.34. The Bertz CT molecular complexity index is 1280. The monoisotopic (exact) mass is 489 g/mol. The summed E-state index contributed by atoms with van der Waals surface area (Å²) in [5, 5.41) is 3.04. The molecular weight excluding hydrogens is 461 g/mol. The smallest absolute Gasteiger partial charge is 0.253 e. The zero-order valence-corrected chi connectivity index (χ0v) is 20.0. The molecule has 1 aromatic heterocycles. The largest absolute Gasteiger partial charge is 0.349 e. The summed E-state index contributed by atoms with van der Waals surface area (Å²) >= 11 is 0. The first kappa shape index (κ1) is 25.0. The summed E-state index contributed by atoms with van der Waals surface area (Å²) in [5.74, 6) is -1.95. The molecule has 186 valence electrons. The maximum Gasteiger partial charge on any atom is 0.253 e. The van der Waals surface area contributed by atoms with E-state index in [1.54, 1.807) is 6.07 Å². The lowest BCUT2D eigenvalue weighted by atomic mass is 9.94. The van der Waals surface area contributed by atoms with Gasteiger partial charge in [0.15, 0.2) is 11.8 Å². The van der Waals surface area contributed by atoms with Crippen LogP contribution in [-0.2, 0) is 9.59 Å². The summed E-state index contributed by atoms with van der Waals surface area (Å²) in [7, 11) is 0. The number of nitrogens with zero attached hydrogens (tertiary/aromatic N) is 2. The topological polar surface area (TPSA) is 88.5 Å². The van der Waals surface area contributed by atoms with Crippen LogP contribution >= 0.6 is 0 Å². The van der Waals surface area contributed by atoms with Crippen LogP contribution in [0.3, 0.4) is 0 Å². The van der Waals surface area contributed by atoms with Gasteiger partial charge in [-0.15, -0.1) is 0 Å². The fourth-order valence-corrected chi connectivity index (χ4v) is 4.47. The van der Waals surface area contributed by atoms with Crippen LogP contribution in [0.25, 0.3) is 0 Å². The van der Waals surface area contributed by atoms with E-state index in [1.165, 1.54) is 35.4 Å². The Kier molecular flexibility index (Phi) is 7.73. The van der Waals surface area contributed by atoms with Gasteiger partial charge in [-0.05, 0) is 55.7 Å². The van der Waals surface area contributed by atoms with Gasteiger partial charge in [-0.3, -0.25) is 23.7 Å². The van der Waals surface area contributed by atoms with Gasteiger partial charge >= 0.3 is 0 Å². The van der Waals surface area contributed by atoms with Gasteiger partial charge in [0.1, 0.15) is 5.82 Å². The predicted octanol–water partition coefficient (Wildman–Crippen LogP) is 3.53. The van der Waals surface area contributed by atoms with E-state index in [9.17, 15) is 23.6 Å². The molecule has 1 unspecified atom stereocenters. The summed E-state index contributed by atoms with van der Waals surface area (Å²) in [6.45, 7) is 2.49. The molecule has 1 saturated heterocycles. The van der Waals surface area contributed by atoms with Crippen LogP contribution in [0.1, 0.15) is 47.8 Å². The lowest BCUT2D eigenvalue weighted by Crippen LogP contribution is -2.48. The number of amides is 2. The number of aromatic nitrogens is 1. The van der Waals surface area contributed by atoms with E-state index >= 15 is 0 Å². The molecule has 2 aromatic carbocycles. The van der Waals surface area contributed by atoms with Crippen molar-refractivity contribution in [3.8, 4) is 0 Å². The first-order valence-corrected chi connectivity index (χ1v) is 12.0. The van der Waals surface area contributed by atoms with E-state index in [4.69, 9.17) is 0 Å². The van der Waals surface area contributed by atoms with Crippen molar-refractivity contribution < 1.29 is 18.8 Å². The molecule has 0 saturated carbocycles. The molecule has 7 nitrogen and oxygen atoms in total. The fraction of sp³-hybridized carbons (Fsp3) is 0.286. The highest BCUT2D eigenvalue weighted by Crippen LogP contribution is 2.24. The Hall–Kier alpha value is -4.07. The summed E-state index contributed by atoms with van der Waals surface area (Å²) in [6, 6.07) is 17.4. The maximum absolute atomic E-state index is 13.5. The summed E-state index contributed by atoms with van der Waals surface area (Å²) in [4.78, 5) is 53.8. The Labute approximate surface area is 208 Å². The zero-order chi connectivity index (χ0) is 25.7. The number of nitrogens with one attached hydrogen (secondary N) is 1. The molecule has 0 bridgehead atoms. The van der Waals surface area contributed by atoms with Crippen molar-refractivity contribution in [2.75, 3.05) is 13.1 Å². The number of ketones is 1. The minimum Gasteiger partial charge on any atom is -0.349 e. The SMILES string of the molecule is C[C@@H](NC(=O)C1CCN(C(=O)C(C(=O)c2ccc(F)cc2)n2ccccc2=O)CC1)c1ccccc1. The Morgan fingerprint density at radius 2 is 1.56 bits per heavy atom. The highest BCUT2D eigenvalue weighted by molar-refractivity contribution is 6.11. The standard InChI is InChI=1S/C28H28FN3O4/c1-19(20-7-3-2-4-8-20)30-27(35)22-14-17-31(18-15-22)28(36)25(32-16-6-5-9-24(32)33)26(34)21-10-12-23(29)13-11-21/h2-13,16,19,22,25H,14-15,17-18H2,1H3,(H,30,35)/t19-,25?/m1/s1. The van der Waals surface area contributed by atoms with E-state index < -0.39 is 29.1 Å².